The minimum absolute atomic E-state index is 0.0938. The second-order valence-electron chi connectivity index (χ2n) is 6.79. The highest BCUT2D eigenvalue weighted by Crippen LogP contribution is 2.41. The summed E-state index contributed by atoms with van der Waals surface area (Å²) in [5.41, 5.74) is 0.110. The van der Waals surface area contributed by atoms with Gasteiger partial charge in [0, 0.05) is 24.6 Å². The van der Waals surface area contributed by atoms with Gasteiger partial charge in [-0.25, -0.2) is 0 Å². The fraction of sp³-hybridized carbons (Fsp3) is 0.474. The van der Waals surface area contributed by atoms with E-state index >= 15 is 0 Å². The molecule has 2 atom stereocenters. The SMILES string of the molecule is CCN(C(=O)[C@@H]1C[C@@H](C(=O)c2ccc(C#N)c(Cl)c2)CN1)C1(C#N)CC1. The van der Waals surface area contributed by atoms with E-state index in [-0.39, 0.29) is 22.6 Å². The number of halogens is 1. The van der Waals surface area contributed by atoms with Gasteiger partial charge in [-0.2, -0.15) is 10.5 Å². The number of carbonyl (C=O) groups excluding carboxylic acids is 2. The number of likely N-dealkylation sites (N-methyl/N-ethyl adjacent to an activating group) is 1. The summed E-state index contributed by atoms with van der Waals surface area (Å²) in [7, 11) is 0. The third kappa shape index (κ3) is 3.19. The van der Waals surface area contributed by atoms with Crippen LogP contribution in [0, 0.1) is 28.6 Å². The lowest BCUT2D eigenvalue weighted by Crippen LogP contribution is -2.49. The Morgan fingerprint density at radius 1 is 1.38 bits per heavy atom. The van der Waals surface area contributed by atoms with Gasteiger partial charge in [-0.3, -0.25) is 9.59 Å². The Hall–Kier alpha value is -2.41. The molecule has 1 saturated carbocycles. The number of carbonyl (C=O) groups is 2. The first kappa shape index (κ1) is 18.4. The van der Waals surface area contributed by atoms with Gasteiger partial charge in [-0.1, -0.05) is 11.6 Å². The molecule has 0 aromatic heterocycles. The molecule has 0 unspecified atom stereocenters. The van der Waals surface area contributed by atoms with Crippen LogP contribution >= 0.6 is 11.6 Å². The number of rotatable bonds is 5. The lowest BCUT2D eigenvalue weighted by molar-refractivity contribution is -0.134. The minimum Gasteiger partial charge on any atom is -0.323 e. The molecule has 1 aliphatic heterocycles. The third-order valence-electron chi connectivity index (χ3n) is 5.20. The number of benzene rings is 1. The molecule has 2 aliphatic rings. The summed E-state index contributed by atoms with van der Waals surface area (Å²) in [6.07, 6.45) is 1.82. The van der Waals surface area contributed by atoms with Crippen LogP contribution in [0.4, 0.5) is 0 Å². The molecule has 2 fully saturated rings. The van der Waals surface area contributed by atoms with Crippen LogP contribution in [0.3, 0.4) is 0 Å². The van der Waals surface area contributed by atoms with Crippen LogP contribution in [0.25, 0.3) is 0 Å². The van der Waals surface area contributed by atoms with Crippen LogP contribution in [-0.4, -0.2) is 41.3 Å². The van der Waals surface area contributed by atoms with E-state index in [4.69, 9.17) is 16.9 Å². The molecule has 1 heterocycles. The topological polar surface area (TPSA) is 97.0 Å². The number of Topliss-reactive ketones (excluding diaryl/α,β-unsaturated/α-hetero) is 1. The van der Waals surface area contributed by atoms with E-state index in [9.17, 15) is 14.9 Å². The van der Waals surface area contributed by atoms with E-state index in [0.717, 1.165) is 0 Å². The van der Waals surface area contributed by atoms with Crippen molar-refractivity contribution in [1.29, 1.82) is 10.5 Å². The van der Waals surface area contributed by atoms with Crippen LogP contribution in [0.2, 0.25) is 5.02 Å². The molecule has 0 radical (unpaired) electrons. The van der Waals surface area contributed by atoms with E-state index < -0.39 is 11.6 Å². The predicted molar refractivity (Wildman–Crippen MR) is 95.4 cm³/mol. The summed E-state index contributed by atoms with van der Waals surface area (Å²) < 4.78 is 0. The summed E-state index contributed by atoms with van der Waals surface area (Å²) in [6.45, 7) is 2.75. The Kier molecular flexibility index (Phi) is 5.00. The van der Waals surface area contributed by atoms with E-state index in [1.54, 1.807) is 11.0 Å². The first-order chi connectivity index (χ1) is 12.5. The van der Waals surface area contributed by atoms with Gasteiger partial charge in [0.05, 0.1) is 22.7 Å². The van der Waals surface area contributed by atoms with E-state index in [1.807, 2.05) is 13.0 Å². The maximum absolute atomic E-state index is 12.8. The molecule has 0 spiro atoms. The molecule has 26 heavy (non-hydrogen) atoms. The standard InChI is InChI=1S/C19H19ClN4O2/c1-2-24(19(11-22)5-6-19)18(26)16-8-14(10-23-16)17(25)12-3-4-13(9-21)15(20)7-12/h3-4,7,14,16,23H,2,5-6,8,10H2,1H3/t14-,16+/m1/s1. The third-order valence-corrected chi connectivity index (χ3v) is 5.52. The molecule has 3 rings (SSSR count). The Bertz CT molecular complexity index is 835. The van der Waals surface area contributed by atoms with Gasteiger partial charge in [0.15, 0.2) is 5.78 Å². The smallest absolute Gasteiger partial charge is 0.241 e. The van der Waals surface area contributed by atoms with E-state index in [0.29, 0.717) is 43.5 Å². The van der Waals surface area contributed by atoms with Crippen molar-refractivity contribution in [3.8, 4) is 12.1 Å². The molecule has 1 N–H and O–H groups in total. The Balaban J connectivity index is 1.69. The minimum atomic E-state index is -0.656. The summed E-state index contributed by atoms with van der Waals surface area (Å²) in [5, 5.41) is 21.7. The summed E-state index contributed by atoms with van der Waals surface area (Å²) in [6, 6.07) is 8.39. The lowest BCUT2D eigenvalue weighted by atomic mass is 9.94. The summed E-state index contributed by atoms with van der Waals surface area (Å²) >= 11 is 6.01. The van der Waals surface area contributed by atoms with Crippen molar-refractivity contribution in [3.05, 3.63) is 34.3 Å². The lowest BCUT2D eigenvalue weighted by Gasteiger charge is -2.28. The predicted octanol–water partition coefficient (Wildman–Crippen LogP) is 2.28. The van der Waals surface area contributed by atoms with Crippen molar-refractivity contribution >= 4 is 23.3 Å². The second-order valence-corrected chi connectivity index (χ2v) is 7.20. The first-order valence-corrected chi connectivity index (χ1v) is 9.03. The van der Waals surface area contributed by atoms with Gasteiger partial charge in [0.1, 0.15) is 11.6 Å². The van der Waals surface area contributed by atoms with Crippen LogP contribution in [0.15, 0.2) is 18.2 Å². The average molecular weight is 371 g/mol. The quantitative estimate of drug-likeness (QED) is 0.802. The number of hydrogen-bond acceptors (Lipinski definition) is 5. The Morgan fingerprint density at radius 3 is 2.65 bits per heavy atom. The zero-order chi connectivity index (χ0) is 18.9. The van der Waals surface area contributed by atoms with Crippen LogP contribution in [-0.2, 0) is 4.79 Å². The Morgan fingerprint density at radius 2 is 2.12 bits per heavy atom. The number of nitrogens with zero attached hydrogens (tertiary/aromatic N) is 3. The van der Waals surface area contributed by atoms with Gasteiger partial charge in [-0.15, -0.1) is 0 Å². The van der Waals surface area contributed by atoms with Crippen molar-refractivity contribution in [2.45, 2.75) is 37.8 Å². The highest BCUT2D eigenvalue weighted by molar-refractivity contribution is 6.32. The van der Waals surface area contributed by atoms with E-state index in [1.165, 1.54) is 12.1 Å². The second kappa shape index (κ2) is 7.07. The summed E-state index contributed by atoms with van der Waals surface area (Å²) in [5.74, 6) is -0.535. The van der Waals surface area contributed by atoms with Crippen molar-refractivity contribution in [2.24, 2.45) is 5.92 Å². The van der Waals surface area contributed by atoms with Crippen molar-refractivity contribution in [3.63, 3.8) is 0 Å². The van der Waals surface area contributed by atoms with Gasteiger partial charge < -0.3 is 10.2 Å². The molecule has 1 amide bonds. The zero-order valence-electron chi connectivity index (χ0n) is 14.5. The number of amides is 1. The summed E-state index contributed by atoms with van der Waals surface area (Å²) in [4.78, 5) is 27.2. The number of nitrogens with one attached hydrogen (secondary N) is 1. The van der Waals surface area contributed by atoms with Crippen molar-refractivity contribution in [1.82, 2.24) is 10.2 Å². The molecule has 1 aromatic carbocycles. The van der Waals surface area contributed by atoms with E-state index in [2.05, 4.69) is 11.4 Å². The van der Waals surface area contributed by atoms with Gasteiger partial charge in [0.2, 0.25) is 5.91 Å². The number of ketones is 1. The zero-order valence-corrected chi connectivity index (χ0v) is 15.2. The first-order valence-electron chi connectivity index (χ1n) is 8.65. The van der Waals surface area contributed by atoms with Gasteiger partial charge >= 0.3 is 0 Å². The molecular weight excluding hydrogens is 352 g/mol. The van der Waals surface area contributed by atoms with Crippen LogP contribution < -0.4 is 5.32 Å². The largest absolute Gasteiger partial charge is 0.323 e. The molecule has 7 heteroatoms. The highest BCUT2D eigenvalue weighted by atomic mass is 35.5. The molecule has 1 aromatic rings. The molecular formula is C19H19ClN4O2. The fourth-order valence-corrected chi connectivity index (χ4v) is 3.76. The van der Waals surface area contributed by atoms with Gasteiger partial charge in [0.25, 0.3) is 0 Å². The maximum Gasteiger partial charge on any atom is 0.241 e. The molecule has 1 aliphatic carbocycles. The van der Waals surface area contributed by atoms with Crippen molar-refractivity contribution in [2.75, 3.05) is 13.1 Å². The fourth-order valence-electron chi connectivity index (χ4n) is 3.54. The van der Waals surface area contributed by atoms with Crippen LogP contribution in [0.1, 0.15) is 42.1 Å². The normalized spacial score (nSPS) is 22.9. The average Bonchev–Trinajstić information content (AvgIpc) is 3.28. The molecule has 134 valence electrons. The number of nitriles is 2. The molecule has 0 bridgehead atoms. The van der Waals surface area contributed by atoms with Crippen LogP contribution in [0.5, 0.6) is 0 Å². The molecule has 1 saturated heterocycles. The Labute approximate surface area is 157 Å². The van der Waals surface area contributed by atoms with Crippen molar-refractivity contribution < 1.29 is 9.59 Å². The maximum atomic E-state index is 12.8. The highest BCUT2D eigenvalue weighted by Gasteiger charge is 2.52. The van der Waals surface area contributed by atoms with Gasteiger partial charge in [-0.05, 0) is 44.4 Å². The number of hydrogen-bond donors (Lipinski definition) is 1. The molecule has 6 nitrogen and oxygen atoms in total. The monoisotopic (exact) mass is 370 g/mol.